The molecule has 0 aromatic heterocycles. The van der Waals surface area contributed by atoms with E-state index in [4.69, 9.17) is 0 Å². The third-order valence-electron chi connectivity index (χ3n) is 1.46. The summed E-state index contributed by atoms with van der Waals surface area (Å²) in [5.74, 6) is 0. The molecule has 0 aromatic carbocycles. The van der Waals surface area contributed by atoms with Gasteiger partial charge in [-0.05, 0) is 0 Å². The van der Waals surface area contributed by atoms with Crippen molar-refractivity contribution in [2.24, 2.45) is 0 Å². The summed E-state index contributed by atoms with van der Waals surface area (Å²) in [6.07, 6.45) is 8.73. The predicted molar refractivity (Wildman–Crippen MR) is 54.4 cm³/mol. The van der Waals surface area contributed by atoms with Crippen molar-refractivity contribution >= 4 is 0 Å². The molecule has 0 spiro atoms. The van der Waals surface area contributed by atoms with Crippen LogP contribution in [0.2, 0.25) is 0 Å². The molecule has 0 N–H and O–H groups in total. The molecule has 0 fully saturated rings. The molecule has 12 heavy (non-hydrogen) atoms. The van der Waals surface area contributed by atoms with Crippen LogP contribution in [0.15, 0.2) is 0 Å². The first-order chi connectivity index (χ1) is 5.33. The Morgan fingerprint density at radius 3 is 1.25 bits per heavy atom. The summed E-state index contributed by atoms with van der Waals surface area (Å²) in [6.45, 7) is 11.8. The summed E-state index contributed by atoms with van der Waals surface area (Å²) in [7, 11) is 0. The minimum absolute atomic E-state index is 0. The number of unbranched alkanes of at least 4 members (excludes halogenated alkanes) is 5. The van der Waals surface area contributed by atoms with Gasteiger partial charge in [-0.3, -0.25) is 0 Å². The van der Waals surface area contributed by atoms with Crippen molar-refractivity contribution in [1.29, 1.82) is 0 Å². The van der Waals surface area contributed by atoms with Gasteiger partial charge in [0.15, 0.2) is 0 Å². The average molecular weight is 245 g/mol. The molecular weight excluding hydrogens is 221 g/mol. The van der Waals surface area contributed by atoms with Crippen molar-refractivity contribution in [2.75, 3.05) is 0 Å². The average Bonchev–Trinajstić information content (AvgIpc) is 2.04. The predicted octanol–water partition coefficient (Wildman–Crippen LogP) is 4.41. The molecular formula is C11H24Y-2. The maximum absolute atomic E-state index is 3.72. The summed E-state index contributed by atoms with van der Waals surface area (Å²) in [4.78, 5) is 0. The molecule has 0 rings (SSSR count). The van der Waals surface area contributed by atoms with E-state index in [0.29, 0.717) is 0 Å². The van der Waals surface area contributed by atoms with E-state index in [1.54, 1.807) is 0 Å². The standard InChI is InChI=1S/C6H13.C5H11.Y/c1-3-5-6-4-2;1-3-5-4-2;/h1,3-6H2,2H3;1,3-5H2,2H3;/q2*-1;. The Labute approximate surface area is 105 Å². The van der Waals surface area contributed by atoms with E-state index in [-0.39, 0.29) is 32.7 Å². The van der Waals surface area contributed by atoms with Gasteiger partial charge in [-0.1, -0.05) is 46.0 Å². The molecule has 0 aliphatic heterocycles. The van der Waals surface area contributed by atoms with Crippen LogP contribution in [-0.2, 0) is 32.7 Å². The quantitative estimate of drug-likeness (QED) is 0.497. The third kappa shape index (κ3) is 30.4. The molecule has 0 aliphatic rings. The van der Waals surface area contributed by atoms with Crippen LogP contribution in [0, 0.1) is 13.8 Å². The van der Waals surface area contributed by atoms with E-state index in [9.17, 15) is 0 Å². The minimum Gasteiger partial charge on any atom is -0.343 e. The van der Waals surface area contributed by atoms with Crippen LogP contribution in [0.5, 0.6) is 0 Å². The monoisotopic (exact) mass is 245 g/mol. The van der Waals surface area contributed by atoms with Crippen LogP contribution in [0.1, 0.15) is 58.8 Å². The summed E-state index contributed by atoms with van der Waals surface area (Å²) in [5.41, 5.74) is 0. The van der Waals surface area contributed by atoms with Crippen LogP contribution in [-0.4, -0.2) is 0 Å². The molecule has 0 aliphatic carbocycles. The number of rotatable bonds is 5. The van der Waals surface area contributed by atoms with Crippen molar-refractivity contribution in [3.63, 3.8) is 0 Å². The summed E-state index contributed by atoms with van der Waals surface area (Å²) < 4.78 is 0. The van der Waals surface area contributed by atoms with Crippen LogP contribution in [0.3, 0.4) is 0 Å². The normalized spacial score (nSPS) is 8.00. The Morgan fingerprint density at radius 1 is 0.750 bits per heavy atom. The first-order valence-corrected chi connectivity index (χ1v) is 4.91. The molecule has 0 nitrogen and oxygen atoms in total. The third-order valence-corrected chi connectivity index (χ3v) is 1.46. The van der Waals surface area contributed by atoms with Crippen LogP contribution in [0.4, 0.5) is 0 Å². The second-order valence-electron chi connectivity index (χ2n) is 2.77. The maximum Gasteiger partial charge on any atom is 0 e. The number of hydrogen-bond acceptors (Lipinski definition) is 0. The van der Waals surface area contributed by atoms with E-state index in [2.05, 4.69) is 27.7 Å². The SMILES string of the molecule is [CH2-]CCCC.[CH2-]CCCCC.[Y]. The second-order valence-corrected chi connectivity index (χ2v) is 2.77. The number of hydrogen-bond donors (Lipinski definition) is 0. The molecule has 0 bridgehead atoms. The van der Waals surface area contributed by atoms with Crippen molar-refractivity contribution in [2.45, 2.75) is 58.8 Å². The Balaban J connectivity index is -0.000000126. The maximum atomic E-state index is 3.72. The van der Waals surface area contributed by atoms with Gasteiger partial charge in [0, 0.05) is 32.7 Å². The largest absolute Gasteiger partial charge is 0.343 e. The molecule has 73 valence electrons. The molecule has 0 saturated heterocycles. The molecule has 0 heterocycles. The molecule has 0 atom stereocenters. The van der Waals surface area contributed by atoms with Gasteiger partial charge in [-0.2, -0.15) is 12.8 Å². The zero-order chi connectivity index (χ0) is 8.95. The Bertz CT molecular complexity index is 38.3. The minimum atomic E-state index is 0. The first-order valence-electron chi connectivity index (χ1n) is 4.91. The van der Waals surface area contributed by atoms with Gasteiger partial charge in [0.25, 0.3) is 0 Å². The van der Waals surface area contributed by atoms with Gasteiger partial charge in [0.05, 0.1) is 0 Å². The van der Waals surface area contributed by atoms with Gasteiger partial charge < -0.3 is 13.8 Å². The van der Waals surface area contributed by atoms with E-state index in [1.165, 1.54) is 32.1 Å². The molecule has 1 radical (unpaired) electrons. The van der Waals surface area contributed by atoms with Gasteiger partial charge in [-0.25, -0.2) is 0 Å². The fraction of sp³-hybridized carbons (Fsp3) is 0.818. The van der Waals surface area contributed by atoms with Crippen LogP contribution < -0.4 is 0 Å². The fourth-order valence-electron chi connectivity index (χ4n) is 0.677. The summed E-state index contributed by atoms with van der Waals surface area (Å²) in [5, 5.41) is 0. The van der Waals surface area contributed by atoms with E-state index < -0.39 is 0 Å². The van der Waals surface area contributed by atoms with Crippen LogP contribution in [0.25, 0.3) is 0 Å². The fourth-order valence-corrected chi connectivity index (χ4v) is 0.677. The summed E-state index contributed by atoms with van der Waals surface area (Å²) in [6, 6.07) is 0. The van der Waals surface area contributed by atoms with Crippen molar-refractivity contribution in [3.05, 3.63) is 13.8 Å². The van der Waals surface area contributed by atoms with Crippen molar-refractivity contribution in [1.82, 2.24) is 0 Å². The van der Waals surface area contributed by atoms with E-state index in [0.717, 1.165) is 12.8 Å². The van der Waals surface area contributed by atoms with Crippen LogP contribution >= 0.6 is 0 Å². The van der Waals surface area contributed by atoms with Gasteiger partial charge in [-0.15, -0.1) is 0 Å². The van der Waals surface area contributed by atoms with Crippen molar-refractivity contribution in [3.8, 4) is 0 Å². The topological polar surface area (TPSA) is 0 Å². The zero-order valence-electron chi connectivity index (χ0n) is 8.94. The smallest absolute Gasteiger partial charge is 0 e. The van der Waals surface area contributed by atoms with Gasteiger partial charge in [0.1, 0.15) is 0 Å². The van der Waals surface area contributed by atoms with Gasteiger partial charge in [0.2, 0.25) is 0 Å². The van der Waals surface area contributed by atoms with E-state index in [1.807, 2.05) is 0 Å². The Morgan fingerprint density at radius 2 is 1.17 bits per heavy atom. The molecule has 0 aromatic rings. The molecule has 1 heteroatoms. The first kappa shape index (κ1) is 18.8. The van der Waals surface area contributed by atoms with E-state index >= 15 is 0 Å². The molecule has 0 saturated carbocycles. The van der Waals surface area contributed by atoms with Gasteiger partial charge >= 0.3 is 0 Å². The Hall–Kier alpha value is 1.10. The van der Waals surface area contributed by atoms with Crippen molar-refractivity contribution < 1.29 is 32.7 Å². The molecule has 0 amide bonds. The summed E-state index contributed by atoms with van der Waals surface area (Å²) >= 11 is 0. The Kier molecular flexibility index (Phi) is 35.6. The second kappa shape index (κ2) is 22.7. The zero-order valence-corrected chi connectivity index (χ0v) is 11.8. The molecule has 0 unspecified atom stereocenters.